The summed E-state index contributed by atoms with van der Waals surface area (Å²) in [4.78, 5) is 47.6. The van der Waals surface area contributed by atoms with Crippen molar-refractivity contribution in [1.82, 2.24) is 14.3 Å². The number of nitrogens with two attached hydrogens (primary N) is 1. The Morgan fingerprint density at radius 2 is 1.86 bits per heavy atom. The van der Waals surface area contributed by atoms with Crippen molar-refractivity contribution in [3.63, 3.8) is 0 Å². The van der Waals surface area contributed by atoms with Gasteiger partial charge >= 0.3 is 0 Å². The molecule has 5 rings (SSSR count). The molecule has 190 valence electrons. The van der Waals surface area contributed by atoms with E-state index in [4.69, 9.17) is 22.9 Å². The van der Waals surface area contributed by atoms with Gasteiger partial charge in [-0.25, -0.2) is 4.98 Å². The third-order valence-electron chi connectivity index (χ3n) is 6.87. The molecule has 2 N–H and O–H groups in total. The SMILES string of the molecule is Cc1ccc(CN2C(=O)/C(=C\c3c(N4CCC(C(N)=O)CC4)nc4c(C)cccn4c3=O)SC2=S)cc1. The molecule has 2 aromatic heterocycles. The lowest BCUT2D eigenvalue weighted by Crippen LogP contribution is -2.40. The zero-order valence-corrected chi connectivity index (χ0v) is 22.3. The van der Waals surface area contributed by atoms with E-state index < -0.39 is 0 Å². The summed E-state index contributed by atoms with van der Waals surface area (Å²) in [6.45, 7) is 5.36. The van der Waals surface area contributed by atoms with Crippen molar-refractivity contribution in [3.8, 4) is 0 Å². The Kier molecular flexibility index (Phi) is 6.87. The van der Waals surface area contributed by atoms with Crippen LogP contribution in [0, 0.1) is 19.8 Å². The number of hydrogen-bond acceptors (Lipinski definition) is 7. The summed E-state index contributed by atoms with van der Waals surface area (Å²) in [5.74, 6) is -0.228. The highest BCUT2D eigenvalue weighted by Gasteiger charge is 2.33. The standard InChI is InChI=1S/C27H27N5O3S2/c1-16-5-7-18(8-6-16)15-32-26(35)21(37-27(32)36)14-20-24(30-12-9-19(10-13-30)22(28)33)29-23-17(2)4-3-11-31(23)25(20)34/h3-8,11,14,19H,9-10,12-13,15H2,1-2H3,(H2,28,33)/b21-14+. The highest BCUT2D eigenvalue weighted by Crippen LogP contribution is 2.35. The average molecular weight is 534 g/mol. The lowest BCUT2D eigenvalue weighted by Gasteiger charge is -2.32. The maximum Gasteiger partial charge on any atom is 0.267 e. The van der Waals surface area contributed by atoms with E-state index in [0.717, 1.165) is 16.7 Å². The van der Waals surface area contributed by atoms with Crippen LogP contribution in [0.2, 0.25) is 0 Å². The largest absolute Gasteiger partial charge is 0.369 e. The number of nitrogens with zero attached hydrogens (tertiary/aromatic N) is 4. The van der Waals surface area contributed by atoms with E-state index in [2.05, 4.69) is 0 Å². The first kappa shape index (κ1) is 25.2. The monoisotopic (exact) mass is 533 g/mol. The van der Waals surface area contributed by atoms with Gasteiger partial charge in [-0.3, -0.25) is 23.7 Å². The minimum Gasteiger partial charge on any atom is -0.369 e. The first-order valence-electron chi connectivity index (χ1n) is 12.1. The van der Waals surface area contributed by atoms with E-state index in [1.165, 1.54) is 16.2 Å². The Morgan fingerprint density at radius 3 is 2.54 bits per heavy atom. The molecule has 1 aromatic carbocycles. The van der Waals surface area contributed by atoms with Gasteiger partial charge in [-0.1, -0.05) is 59.9 Å². The maximum absolute atomic E-state index is 13.7. The van der Waals surface area contributed by atoms with Crippen molar-refractivity contribution < 1.29 is 9.59 Å². The average Bonchev–Trinajstić information content (AvgIpc) is 3.14. The van der Waals surface area contributed by atoms with Crippen LogP contribution in [-0.4, -0.2) is 43.5 Å². The molecule has 2 saturated heterocycles. The number of fused-ring (bicyclic) bond motifs is 1. The Bertz CT molecular complexity index is 1500. The number of pyridine rings is 1. The first-order chi connectivity index (χ1) is 17.7. The summed E-state index contributed by atoms with van der Waals surface area (Å²) < 4.78 is 1.96. The van der Waals surface area contributed by atoms with Gasteiger partial charge in [-0.15, -0.1) is 0 Å². The quantitative estimate of drug-likeness (QED) is 0.396. The first-order valence-corrected chi connectivity index (χ1v) is 13.3. The second kappa shape index (κ2) is 10.1. The molecule has 0 unspecified atom stereocenters. The van der Waals surface area contributed by atoms with Gasteiger partial charge in [-0.05, 0) is 50.0 Å². The van der Waals surface area contributed by atoms with E-state index in [1.54, 1.807) is 23.2 Å². The number of carbonyl (C=O) groups excluding carboxylic acids is 2. The highest BCUT2D eigenvalue weighted by molar-refractivity contribution is 8.26. The zero-order chi connectivity index (χ0) is 26.3. The van der Waals surface area contributed by atoms with Crippen LogP contribution in [0.1, 0.15) is 35.1 Å². The molecule has 0 aliphatic carbocycles. The van der Waals surface area contributed by atoms with Gasteiger partial charge in [0.1, 0.15) is 15.8 Å². The molecule has 0 radical (unpaired) electrons. The molecule has 2 amide bonds. The van der Waals surface area contributed by atoms with Gasteiger partial charge in [0.2, 0.25) is 5.91 Å². The minimum absolute atomic E-state index is 0.194. The van der Waals surface area contributed by atoms with E-state index in [0.29, 0.717) is 58.7 Å². The predicted molar refractivity (Wildman–Crippen MR) is 150 cm³/mol. The molecular formula is C27H27N5O3S2. The Balaban J connectivity index is 1.54. The number of thiocarbonyl (C=S) groups is 1. The van der Waals surface area contributed by atoms with Crippen LogP contribution in [0.15, 0.2) is 52.3 Å². The van der Waals surface area contributed by atoms with Crippen LogP contribution in [0.25, 0.3) is 11.7 Å². The number of thioether (sulfide) groups is 1. The molecule has 0 bridgehead atoms. The molecule has 37 heavy (non-hydrogen) atoms. The zero-order valence-electron chi connectivity index (χ0n) is 20.6. The number of aromatic nitrogens is 2. The molecule has 2 aliphatic rings. The molecule has 2 fully saturated rings. The molecule has 0 saturated carbocycles. The van der Waals surface area contributed by atoms with Gasteiger partial charge in [-0.2, -0.15) is 0 Å². The number of amides is 2. The molecule has 10 heteroatoms. The number of piperidine rings is 1. The summed E-state index contributed by atoms with van der Waals surface area (Å²) >= 11 is 6.72. The van der Waals surface area contributed by atoms with Gasteiger partial charge in [0.25, 0.3) is 11.5 Å². The predicted octanol–water partition coefficient (Wildman–Crippen LogP) is 3.41. The van der Waals surface area contributed by atoms with Crippen molar-refractivity contribution in [2.24, 2.45) is 11.7 Å². The molecule has 4 heterocycles. The van der Waals surface area contributed by atoms with Crippen LogP contribution >= 0.6 is 24.0 Å². The lowest BCUT2D eigenvalue weighted by atomic mass is 9.96. The molecule has 8 nitrogen and oxygen atoms in total. The van der Waals surface area contributed by atoms with E-state index >= 15 is 0 Å². The smallest absolute Gasteiger partial charge is 0.267 e. The second-order valence-corrected chi connectivity index (χ2v) is 11.1. The fraction of sp³-hybridized carbons (Fsp3) is 0.296. The molecule has 0 atom stereocenters. The van der Waals surface area contributed by atoms with E-state index in [-0.39, 0.29) is 23.3 Å². The summed E-state index contributed by atoms with van der Waals surface area (Å²) in [6.07, 6.45) is 4.47. The van der Waals surface area contributed by atoms with Gasteiger partial charge < -0.3 is 10.6 Å². The molecule has 0 spiro atoms. The molecule has 3 aromatic rings. The fourth-order valence-corrected chi connectivity index (χ4v) is 5.92. The van der Waals surface area contributed by atoms with Gasteiger partial charge in [0, 0.05) is 25.2 Å². The minimum atomic E-state index is -0.306. The molecular weight excluding hydrogens is 506 g/mol. The Morgan fingerprint density at radius 1 is 1.16 bits per heavy atom. The number of aryl methyl sites for hydroxylation is 2. The Labute approximate surface area is 224 Å². The maximum atomic E-state index is 13.7. The molecule has 2 aliphatic heterocycles. The van der Waals surface area contributed by atoms with Crippen LogP contribution in [0.5, 0.6) is 0 Å². The van der Waals surface area contributed by atoms with Crippen LogP contribution in [0.3, 0.4) is 0 Å². The summed E-state index contributed by atoms with van der Waals surface area (Å²) in [5.41, 5.74) is 9.13. The van der Waals surface area contributed by atoms with Gasteiger partial charge in [0.05, 0.1) is 17.0 Å². The van der Waals surface area contributed by atoms with Crippen molar-refractivity contribution in [2.75, 3.05) is 18.0 Å². The summed E-state index contributed by atoms with van der Waals surface area (Å²) in [6, 6.07) is 11.7. The normalized spacial score (nSPS) is 17.8. The number of carbonyl (C=O) groups is 2. The van der Waals surface area contributed by atoms with Crippen molar-refractivity contribution in [2.45, 2.75) is 33.2 Å². The fourth-order valence-electron chi connectivity index (χ4n) is 4.69. The van der Waals surface area contributed by atoms with E-state index in [9.17, 15) is 14.4 Å². The van der Waals surface area contributed by atoms with E-state index in [1.807, 2.05) is 49.1 Å². The summed E-state index contributed by atoms with van der Waals surface area (Å²) in [5, 5.41) is 0. The number of hydrogen-bond donors (Lipinski definition) is 1. The number of anilines is 1. The Hall–Kier alpha value is -3.50. The van der Waals surface area contributed by atoms with Gasteiger partial charge in [0.15, 0.2) is 0 Å². The van der Waals surface area contributed by atoms with Crippen LogP contribution in [0.4, 0.5) is 5.82 Å². The topological polar surface area (TPSA) is 101 Å². The van der Waals surface area contributed by atoms with Crippen LogP contribution < -0.4 is 16.2 Å². The van der Waals surface area contributed by atoms with Crippen molar-refractivity contribution in [3.05, 3.63) is 80.1 Å². The summed E-state index contributed by atoms with van der Waals surface area (Å²) in [7, 11) is 0. The number of primary amides is 1. The third-order valence-corrected chi connectivity index (χ3v) is 8.25. The number of benzene rings is 1. The highest BCUT2D eigenvalue weighted by atomic mass is 32.2. The van der Waals surface area contributed by atoms with Crippen LogP contribution in [-0.2, 0) is 16.1 Å². The second-order valence-electron chi connectivity index (χ2n) is 9.46. The third kappa shape index (κ3) is 4.91. The number of rotatable bonds is 5. The lowest BCUT2D eigenvalue weighted by molar-refractivity contribution is -0.123. The van der Waals surface area contributed by atoms with Crippen molar-refractivity contribution >= 4 is 57.7 Å². The van der Waals surface area contributed by atoms with Crippen molar-refractivity contribution in [1.29, 1.82) is 0 Å².